The van der Waals surface area contributed by atoms with Crippen molar-refractivity contribution in [2.24, 2.45) is 0 Å². The summed E-state index contributed by atoms with van der Waals surface area (Å²) in [6, 6.07) is 7.69. The lowest BCUT2D eigenvalue weighted by Gasteiger charge is -2.35. The third kappa shape index (κ3) is 3.95. The number of rotatable bonds is 5. The van der Waals surface area contributed by atoms with E-state index >= 15 is 0 Å². The smallest absolute Gasteiger partial charge is 0.241 e. The van der Waals surface area contributed by atoms with Crippen LogP contribution in [0.1, 0.15) is 29.2 Å². The molecule has 0 N–H and O–H groups in total. The van der Waals surface area contributed by atoms with Crippen LogP contribution in [0.3, 0.4) is 0 Å². The second-order valence-corrected chi connectivity index (χ2v) is 9.68. The number of fused-ring (bicyclic) bond motifs is 3. The molecule has 33 heavy (non-hydrogen) atoms. The second kappa shape index (κ2) is 8.72. The molecule has 1 aliphatic heterocycles. The molecular weight excluding hydrogens is 436 g/mol. The van der Waals surface area contributed by atoms with Gasteiger partial charge in [-0.2, -0.15) is 4.98 Å². The average Bonchev–Trinajstić information content (AvgIpc) is 3.49. The molecule has 0 unspecified atom stereocenters. The lowest BCUT2D eigenvalue weighted by Crippen LogP contribution is -2.46. The summed E-state index contributed by atoms with van der Waals surface area (Å²) in [6.45, 7) is 4.37. The summed E-state index contributed by atoms with van der Waals surface area (Å²) in [6.07, 6.45) is 6.63. The van der Waals surface area contributed by atoms with Gasteiger partial charge in [-0.3, -0.25) is 4.90 Å². The van der Waals surface area contributed by atoms with Gasteiger partial charge in [-0.25, -0.2) is 9.97 Å². The fraction of sp³-hybridized carbons (Fsp3) is 0.417. The van der Waals surface area contributed by atoms with Gasteiger partial charge in [0.2, 0.25) is 11.7 Å². The van der Waals surface area contributed by atoms with Crippen molar-refractivity contribution < 1.29 is 9.26 Å². The topological polar surface area (TPSA) is 80.4 Å². The van der Waals surface area contributed by atoms with E-state index in [2.05, 4.69) is 24.9 Å². The van der Waals surface area contributed by atoms with E-state index < -0.39 is 0 Å². The number of benzene rings is 1. The zero-order valence-corrected chi connectivity index (χ0v) is 19.5. The molecule has 0 bridgehead atoms. The quantitative estimate of drug-likeness (QED) is 0.441. The minimum absolute atomic E-state index is 0.608. The van der Waals surface area contributed by atoms with Crippen LogP contribution in [-0.2, 0) is 19.4 Å². The summed E-state index contributed by atoms with van der Waals surface area (Å²) in [4.78, 5) is 21.3. The highest BCUT2D eigenvalue weighted by molar-refractivity contribution is 7.19. The van der Waals surface area contributed by atoms with Crippen molar-refractivity contribution in [1.82, 2.24) is 25.0 Å². The summed E-state index contributed by atoms with van der Waals surface area (Å²) in [5.74, 6) is 3.17. The van der Waals surface area contributed by atoms with E-state index in [4.69, 9.17) is 14.2 Å². The Labute approximate surface area is 196 Å². The van der Waals surface area contributed by atoms with Gasteiger partial charge in [0.05, 0.1) is 19.0 Å². The van der Waals surface area contributed by atoms with E-state index in [1.165, 1.54) is 35.1 Å². The Balaban J connectivity index is 1.13. The van der Waals surface area contributed by atoms with Crippen molar-refractivity contribution in [2.45, 2.75) is 32.2 Å². The molecule has 0 radical (unpaired) electrons. The molecule has 2 aliphatic rings. The van der Waals surface area contributed by atoms with Crippen molar-refractivity contribution in [3.63, 3.8) is 0 Å². The first-order chi connectivity index (χ1) is 16.3. The Morgan fingerprint density at radius 2 is 1.85 bits per heavy atom. The SMILES string of the molecule is COc1ccc(-c2noc(CN3CCN(c4ncnc5sc6c(c45)CCCC6)CC3)n2)cc1. The lowest BCUT2D eigenvalue weighted by atomic mass is 9.97. The van der Waals surface area contributed by atoms with Crippen molar-refractivity contribution in [3.8, 4) is 17.1 Å². The van der Waals surface area contributed by atoms with E-state index in [1.54, 1.807) is 13.4 Å². The Morgan fingerprint density at radius 1 is 1.03 bits per heavy atom. The first kappa shape index (κ1) is 20.6. The van der Waals surface area contributed by atoms with Crippen LogP contribution in [0.15, 0.2) is 35.1 Å². The molecule has 0 saturated carbocycles. The highest BCUT2D eigenvalue weighted by Gasteiger charge is 2.25. The van der Waals surface area contributed by atoms with Crippen molar-refractivity contribution in [2.75, 3.05) is 38.2 Å². The van der Waals surface area contributed by atoms with E-state index in [-0.39, 0.29) is 0 Å². The van der Waals surface area contributed by atoms with E-state index in [0.717, 1.165) is 54.6 Å². The lowest BCUT2D eigenvalue weighted by molar-refractivity contribution is 0.215. The fourth-order valence-corrected chi connectivity index (χ4v) is 6.02. The molecule has 6 rings (SSSR count). The third-order valence-electron chi connectivity index (χ3n) is 6.58. The van der Waals surface area contributed by atoms with Crippen molar-refractivity contribution in [1.29, 1.82) is 0 Å². The normalized spacial score (nSPS) is 16.8. The number of aromatic nitrogens is 4. The van der Waals surface area contributed by atoms with Gasteiger partial charge in [-0.05, 0) is 55.5 Å². The number of piperazine rings is 1. The Kier molecular flexibility index (Phi) is 5.43. The van der Waals surface area contributed by atoms with Crippen LogP contribution >= 0.6 is 11.3 Å². The predicted octanol–water partition coefficient (Wildman–Crippen LogP) is 3.95. The van der Waals surface area contributed by atoms with Gasteiger partial charge in [0.25, 0.3) is 0 Å². The van der Waals surface area contributed by atoms with Crippen molar-refractivity contribution in [3.05, 3.63) is 46.9 Å². The summed E-state index contributed by atoms with van der Waals surface area (Å²) in [5, 5.41) is 5.46. The number of aryl methyl sites for hydroxylation is 2. The minimum atomic E-state index is 0.608. The molecule has 4 heterocycles. The molecule has 1 fully saturated rings. The standard InChI is InChI=1S/C24H26N6O2S/c1-31-17-8-6-16(7-9-17)22-27-20(32-28-22)14-29-10-12-30(13-11-29)23-21-18-4-2-3-5-19(18)33-24(21)26-15-25-23/h6-9,15H,2-5,10-14H2,1H3. The number of anilines is 1. The van der Waals surface area contributed by atoms with Crippen LogP contribution in [0.4, 0.5) is 5.82 Å². The van der Waals surface area contributed by atoms with Crippen LogP contribution in [0.25, 0.3) is 21.6 Å². The Morgan fingerprint density at radius 3 is 2.67 bits per heavy atom. The third-order valence-corrected chi connectivity index (χ3v) is 7.78. The maximum Gasteiger partial charge on any atom is 0.241 e. The number of ether oxygens (including phenoxy) is 1. The molecule has 1 aromatic carbocycles. The molecule has 3 aromatic heterocycles. The van der Waals surface area contributed by atoms with Gasteiger partial charge in [-0.15, -0.1) is 11.3 Å². The molecule has 4 aromatic rings. The van der Waals surface area contributed by atoms with Crippen LogP contribution in [-0.4, -0.2) is 58.3 Å². The Hall–Kier alpha value is -3.04. The number of nitrogens with zero attached hydrogens (tertiary/aromatic N) is 6. The molecule has 8 nitrogen and oxygen atoms in total. The predicted molar refractivity (Wildman–Crippen MR) is 128 cm³/mol. The van der Waals surface area contributed by atoms with E-state index in [9.17, 15) is 0 Å². The minimum Gasteiger partial charge on any atom is -0.497 e. The van der Waals surface area contributed by atoms with Crippen LogP contribution in [0.5, 0.6) is 5.75 Å². The number of hydrogen-bond donors (Lipinski definition) is 0. The van der Waals surface area contributed by atoms with Gasteiger partial charge in [0.15, 0.2) is 0 Å². The van der Waals surface area contributed by atoms with Gasteiger partial charge < -0.3 is 14.2 Å². The molecular formula is C24H26N6O2S. The Bertz CT molecular complexity index is 1260. The number of hydrogen-bond acceptors (Lipinski definition) is 9. The van der Waals surface area contributed by atoms with Crippen LogP contribution < -0.4 is 9.64 Å². The van der Waals surface area contributed by atoms with E-state index in [1.807, 2.05) is 35.6 Å². The summed E-state index contributed by atoms with van der Waals surface area (Å²) >= 11 is 1.86. The van der Waals surface area contributed by atoms with Gasteiger partial charge >= 0.3 is 0 Å². The largest absolute Gasteiger partial charge is 0.497 e. The fourth-order valence-electron chi connectivity index (χ4n) is 4.80. The number of thiophene rings is 1. The zero-order valence-electron chi connectivity index (χ0n) is 18.7. The highest BCUT2D eigenvalue weighted by atomic mass is 32.1. The molecule has 0 amide bonds. The first-order valence-corrected chi connectivity index (χ1v) is 12.3. The van der Waals surface area contributed by atoms with Crippen molar-refractivity contribution >= 4 is 27.4 Å². The second-order valence-electron chi connectivity index (χ2n) is 8.59. The first-order valence-electron chi connectivity index (χ1n) is 11.5. The molecule has 1 saturated heterocycles. The summed E-state index contributed by atoms with van der Waals surface area (Å²) in [7, 11) is 1.66. The maximum atomic E-state index is 5.53. The van der Waals surface area contributed by atoms with Gasteiger partial charge in [0, 0.05) is 36.6 Å². The van der Waals surface area contributed by atoms with E-state index in [0.29, 0.717) is 18.3 Å². The molecule has 0 atom stereocenters. The number of methoxy groups -OCH3 is 1. The highest BCUT2D eigenvalue weighted by Crippen LogP contribution is 2.39. The van der Waals surface area contributed by atoms with Crippen LogP contribution in [0.2, 0.25) is 0 Å². The van der Waals surface area contributed by atoms with Gasteiger partial charge in [-0.1, -0.05) is 5.16 Å². The van der Waals surface area contributed by atoms with Gasteiger partial charge in [0.1, 0.15) is 22.7 Å². The molecule has 0 spiro atoms. The monoisotopic (exact) mass is 462 g/mol. The van der Waals surface area contributed by atoms with Crippen LogP contribution in [0, 0.1) is 0 Å². The summed E-state index contributed by atoms with van der Waals surface area (Å²) in [5.41, 5.74) is 2.42. The average molecular weight is 463 g/mol. The summed E-state index contributed by atoms with van der Waals surface area (Å²) < 4.78 is 10.7. The molecule has 170 valence electrons. The maximum absolute atomic E-state index is 5.53. The molecule has 1 aliphatic carbocycles. The molecule has 9 heteroatoms. The zero-order chi connectivity index (χ0) is 22.2.